The summed E-state index contributed by atoms with van der Waals surface area (Å²) in [5.41, 5.74) is 7.79. The Morgan fingerprint density at radius 3 is 2.63 bits per heavy atom. The van der Waals surface area contributed by atoms with Crippen LogP contribution in [0.5, 0.6) is 0 Å². The van der Waals surface area contributed by atoms with Gasteiger partial charge in [-0.15, -0.1) is 0 Å². The highest BCUT2D eigenvalue weighted by molar-refractivity contribution is 6.76. The molecule has 0 aliphatic rings. The fourth-order valence-corrected chi connectivity index (χ4v) is 4.04. The van der Waals surface area contributed by atoms with E-state index in [1.165, 1.54) is 28.3 Å². The summed E-state index contributed by atoms with van der Waals surface area (Å²) in [6, 6.07) is 11.6. The van der Waals surface area contributed by atoms with Crippen molar-refractivity contribution in [2.75, 3.05) is 6.61 Å². The molecule has 0 saturated carbocycles. The Labute approximate surface area is 163 Å². The fraction of sp³-hybridized carbons (Fsp3) is 0.364. The summed E-state index contributed by atoms with van der Waals surface area (Å²) in [5, 5.41) is 7.51. The highest BCUT2D eigenvalue weighted by Crippen LogP contribution is 2.34. The third-order valence-electron chi connectivity index (χ3n) is 4.65. The van der Waals surface area contributed by atoms with Crippen molar-refractivity contribution in [3.05, 3.63) is 59.4 Å². The van der Waals surface area contributed by atoms with Crippen molar-refractivity contribution >= 4 is 8.07 Å². The van der Waals surface area contributed by atoms with Crippen molar-refractivity contribution in [2.24, 2.45) is 0 Å². The number of rotatable bonds is 7. The van der Waals surface area contributed by atoms with Gasteiger partial charge in [-0.05, 0) is 43.2 Å². The van der Waals surface area contributed by atoms with Crippen molar-refractivity contribution in [1.82, 2.24) is 15.2 Å². The zero-order valence-electron chi connectivity index (χ0n) is 17.0. The first kappa shape index (κ1) is 19.5. The molecule has 1 N–H and O–H groups in total. The summed E-state index contributed by atoms with van der Waals surface area (Å²) >= 11 is 0. The van der Waals surface area contributed by atoms with E-state index in [0.29, 0.717) is 6.61 Å². The molecule has 0 spiro atoms. The normalized spacial score (nSPS) is 11.7. The van der Waals surface area contributed by atoms with Gasteiger partial charge in [0.25, 0.3) is 0 Å². The Balaban J connectivity index is 1.93. The van der Waals surface area contributed by atoms with Crippen molar-refractivity contribution in [1.29, 1.82) is 0 Å². The molecule has 0 atom stereocenters. The topological polar surface area (TPSA) is 50.8 Å². The third kappa shape index (κ3) is 4.93. The highest BCUT2D eigenvalue weighted by Gasteiger charge is 2.18. The largest absolute Gasteiger partial charge is 0.377 e. The molecule has 0 radical (unpaired) electrons. The molecular formula is C22H29N3OSi. The molecular weight excluding hydrogens is 350 g/mol. The molecule has 5 heteroatoms. The number of aromatic nitrogens is 3. The molecule has 3 aromatic rings. The van der Waals surface area contributed by atoms with Gasteiger partial charge in [-0.25, -0.2) is 0 Å². The van der Waals surface area contributed by atoms with E-state index in [-0.39, 0.29) is 0 Å². The van der Waals surface area contributed by atoms with Gasteiger partial charge in [0.05, 0.1) is 24.2 Å². The molecule has 3 rings (SSSR count). The molecule has 0 amide bonds. The lowest BCUT2D eigenvalue weighted by molar-refractivity contribution is 0.133. The van der Waals surface area contributed by atoms with Crippen LogP contribution in [0.4, 0.5) is 0 Å². The standard InChI is InChI=1S/C22H29N3OSi/c1-16-12-17(2)21(18(13-16)15-26-10-11-27(3,4)5)22-19(14-24-25-22)20-8-6-7-9-23-20/h6-9,12-14H,10-11,15H2,1-5H3,(H,24,25). The summed E-state index contributed by atoms with van der Waals surface area (Å²) < 4.78 is 6.07. The Kier molecular flexibility index (Phi) is 5.92. The SMILES string of the molecule is Cc1cc(C)c(-c2[nH]ncc2-c2ccccn2)c(COCC[Si](C)(C)C)c1. The van der Waals surface area contributed by atoms with Crippen LogP contribution in [-0.2, 0) is 11.3 Å². The Hall–Kier alpha value is -2.24. The van der Waals surface area contributed by atoms with E-state index in [2.05, 4.69) is 60.8 Å². The van der Waals surface area contributed by atoms with Gasteiger partial charge in [-0.3, -0.25) is 10.1 Å². The molecule has 2 heterocycles. The van der Waals surface area contributed by atoms with Gasteiger partial charge in [-0.1, -0.05) is 43.4 Å². The smallest absolute Gasteiger partial charge is 0.0750 e. The molecule has 1 aromatic carbocycles. The number of H-pyrrole nitrogens is 1. The molecule has 0 unspecified atom stereocenters. The molecule has 0 aliphatic carbocycles. The van der Waals surface area contributed by atoms with Crippen molar-refractivity contribution in [2.45, 2.75) is 46.1 Å². The number of benzene rings is 1. The minimum Gasteiger partial charge on any atom is -0.377 e. The van der Waals surface area contributed by atoms with Crippen LogP contribution < -0.4 is 0 Å². The minimum absolute atomic E-state index is 0.614. The van der Waals surface area contributed by atoms with E-state index < -0.39 is 8.07 Å². The fourth-order valence-electron chi connectivity index (χ4n) is 3.28. The Morgan fingerprint density at radius 1 is 1.11 bits per heavy atom. The van der Waals surface area contributed by atoms with Crippen LogP contribution >= 0.6 is 0 Å². The summed E-state index contributed by atoms with van der Waals surface area (Å²) in [4.78, 5) is 4.50. The maximum Gasteiger partial charge on any atom is 0.0750 e. The third-order valence-corrected chi connectivity index (χ3v) is 6.35. The van der Waals surface area contributed by atoms with Crippen molar-refractivity contribution in [3.63, 3.8) is 0 Å². The van der Waals surface area contributed by atoms with Crippen LogP contribution in [0.2, 0.25) is 25.7 Å². The average molecular weight is 380 g/mol. The lowest BCUT2D eigenvalue weighted by atomic mass is 9.94. The molecule has 4 nitrogen and oxygen atoms in total. The second-order valence-electron chi connectivity index (χ2n) is 8.35. The summed E-state index contributed by atoms with van der Waals surface area (Å²) in [7, 11) is -1.09. The number of pyridine rings is 1. The van der Waals surface area contributed by atoms with Gasteiger partial charge in [0, 0.05) is 32.0 Å². The Morgan fingerprint density at radius 2 is 1.93 bits per heavy atom. The second kappa shape index (κ2) is 8.19. The van der Waals surface area contributed by atoms with E-state index >= 15 is 0 Å². The first-order valence-corrected chi connectivity index (χ1v) is 13.2. The van der Waals surface area contributed by atoms with E-state index in [1.807, 2.05) is 30.6 Å². The average Bonchev–Trinajstić information content (AvgIpc) is 3.07. The van der Waals surface area contributed by atoms with Crippen molar-refractivity contribution < 1.29 is 4.74 Å². The summed E-state index contributed by atoms with van der Waals surface area (Å²) in [5.74, 6) is 0. The van der Waals surface area contributed by atoms with Crippen LogP contribution in [0.1, 0.15) is 16.7 Å². The number of ether oxygens (including phenoxy) is 1. The highest BCUT2D eigenvalue weighted by atomic mass is 28.3. The molecule has 0 fully saturated rings. The van der Waals surface area contributed by atoms with E-state index in [1.54, 1.807) is 0 Å². The maximum absolute atomic E-state index is 6.07. The van der Waals surface area contributed by atoms with Gasteiger partial charge >= 0.3 is 0 Å². The van der Waals surface area contributed by atoms with Crippen LogP contribution in [-0.4, -0.2) is 29.9 Å². The number of aryl methyl sites for hydroxylation is 2. The molecule has 0 aliphatic heterocycles. The lowest BCUT2D eigenvalue weighted by Crippen LogP contribution is -2.21. The zero-order chi connectivity index (χ0) is 19.4. The first-order chi connectivity index (χ1) is 12.8. The van der Waals surface area contributed by atoms with Gasteiger partial charge in [0.2, 0.25) is 0 Å². The Bertz CT molecular complexity index is 898. The van der Waals surface area contributed by atoms with Crippen LogP contribution in [0, 0.1) is 13.8 Å². The number of aromatic amines is 1. The van der Waals surface area contributed by atoms with E-state index in [4.69, 9.17) is 4.74 Å². The first-order valence-electron chi connectivity index (χ1n) is 9.48. The summed E-state index contributed by atoms with van der Waals surface area (Å²) in [6.07, 6.45) is 3.67. The van der Waals surface area contributed by atoms with Crippen molar-refractivity contribution in [3.8, 4) is 22.5 Å². The molecule has 2 aromatic heterocycles. The number of nitrogens with zero attached hydrogens (tertiary/aromatic N) is 2. The molecule has 0 bridgehead atoms. The van der Waals surface area contributed by atoms with Gasteiger partial charge in [-0.2, -0.15) is 5.10 Å². The summed E-state index contributed by atoms with van der Waals surface area (Å²) in [6.45, 7) is 12.8. The van der Waals surface area contributed by atoms with E-state index in [0.717, 1.165) is 23.6 Å². The molecule has 0 saturated heterocycles. The molecule has 27 heavy (non-hydrogen) atoms. The van der Waals surface area contributed by atoms with Gasteiger partial charge in [0.15, 0.2) is 0 Å². The number of hydrogen-bond acceptors (Lipinski definition) is 3. The van der Waals surface area contributed by atoms with Crippen LogP contribution in [0.25, 0.3) is 22.5 Å². The van der Waals surface area contributed by atoms with Gasteiger partial charge in [0.1, 0.15) is 0 Å². The lowest BCUT2D eigenvalue weighted by Gasteiger charge is -2.17. The number of hydrogen-bond donors (Lipinski definition) is 1. The van der Waals surface area contributed by atoms with Gasteiger partial charge < -0.3 is 4.74 Å². The number of nitrogens with one attached hydrogen (secondary N) is 1. The van der Waals surface area contributed by atoms with Crippen LogP contribution in [0.15, 0.2) is 42.7 Å². The predicted molar refractivity (Wildman–Crippen MR) is 115 cm³/mol. The monoisotopic (exact) mass is 379 g/mol. The minimum atomic E-state index is -1.09. The van der Waals surface area contributed by atoms with E-state index in [9.17, 15) is 0 Å². The predicted octanol–water partition coefficient (Wildman–Crippen LogP) is 5.61. The second-order valence-corrected chi connectivity index (χ2v) is 14.0. The molecule has 142 valence electrons. The quantitative estimate of drug-likeness (QED) is 0.429. The zero-order valence-corrected chi connectivity index (χ0v) is 18.0. The van der Waals surface area contributed by atoms with Crippen LogP contribution in [0.3, 0.4) is 0 Å². The maximum atomic E-state index is 6.07.